The zero-order chi connectivity index (χ0) is 12.3. The molecule has 0 atom stereocenters. The predicted octanol–water partition coefficient (Wildman–Crippen LogP) is 3.28. The van der Waals surface area contributed by atoms with Crippen LogP contribution in [0.3, 0.4) is 0 Å². The molecule has 1 aromatic rings. The van der Waals surface area contributed by atoms with Gasteiger partial charge in [0, 0.05) is 18.8 Å². The van der Waals surface area contributed by atoms with Crippen LogP contribution in [0.2, 0.25) is 0 Å². The largest absolute Gasteiger partial charge is 0.493 e. The lowest BCUT2D eigenvalue weighted by Gasteiger charge is -2.06. The lowest BCUT2D eigenvalue weighted by Crippen LogP contribution is -2.01. The van der Waals surface area contributed by atoms with Crippen molar-refractivity contribution in [2.24, 2.45) is 5.73 Å². The molecule has 96 valence electrons. The Hall–Kier alpha value is -1.09. The summed E-state index contributed by atoms with van der Waals surface area (Å²) in [6.07, 6.45) is 9.46. The van der Waals surface area contributed by atoms with Gasteiger partial charge in [-0.25, -0.2) is 0 Å². The fourth-order valence-corrected chi connectivity index (χ4v) is 1.73. The molecule has 1 aromatic heterocycles. The molecule has 0 aliphatic carbocycles. The first-order valence-corrected chi connectivity index (χ1v) is 6.64. The third kappa shape index (κ3) is 6.27. The summed E-state index contributed by atoms with van der Waals surface area (Å²) in [4.78, 5) is 4.13. The van der Waals surface area contributed by atoms with Crippen LogP contribution in [-0.2, 0) is 6.54 Å². The molecule has 0 aliphatic heterocycles. The van der Waals surface area contributed by atoms with Crippen LogP contribution < -0.4 is 10.5 Å². The summed E-state index contributed by atoms with van der Waals surface area (Å²) in [5.41, 5.74) is 6.40. The molecular formula is C14H24N2O. The lowest BCUT2D eigenvalue weighted by atomic mass is 10.1. The second-order valence-corrected chi connectivity index (χ2v) is 4.30. The number of unbranched alkanes of at least 4 members (excludes halogenated alkanes) is 5. The van der Waals surface area contributed by atoms with Crippen LogP contribution in [0.25, 0.3) is 0 Å². The zero-order valence-corrected chi connectivity index (χ0v) is 10.8. The van der Waals surface area contributed by atoms with Crippen molar-refractivity contribution < 1.29 is 4.74 Å². The van der Waals surface area contributed by atoms with Crippen molar-refractivity contribution >= 4 is 0 Å². The molecule has 3 heteroatoms. The number of hydrogen-bond acceptors (Lipinski definition) is 3. The Morgan fingerprint density at radius 1 is 1.18 bits per heavy atom. The fourth-order valence-electron chi connectivity index (χ4n) is 1.73. The first-order valence-electron chi connectivity index (χ1n) is 6.64. The second kappa shape index (κ2) is 8.99. The van der Waals surface area contributed by atoms with E-state index in [1.165, 1.54) is 32.1 Å². The van der Waals surface area contributed by atoms with E-state index in [2.05, 4.69) is 11.9 Å². The summed E-state index contributed by atoms with van der Waals surface area (Å²) in [7, 11) is 0. The molecule has 0 fully saturated rings. The van der Waals surface area contributed by atoms with Gasteiger partial charge in [-0.3, -0.25) is 4.98 Å². The maximum absolute atomic E-state index is 5.66. The van der Waals surface area contributed by atoms with E-state index >= 15 is 0 Å². The van der Waals surface area contributed by atoms with Crippen molar-refractivity contribution in [2.75, 3.05) is 6.61 Å². The molecule has 0 unspecified atom stereocenters. The van der Waals surface area contributed by atoms with Gasteiger partial charge in [-0.2, -0.15) is 0 Å². The Morgan fingerprint density at radius 2 is 1.94 bits per heavy atom. The van der Waals surface area contributed by atoms with Gasteiger partial charge in [0.25, 0.3) is 0 Å². The van der Waals surface area contributed by atoms with Crippen LogP contribution in [0.1, 0.15) is 51.1 Å². The average Bonchev–Trinajstić information content (AvgIpc) is 2.38. The van der Waals surface area contributed by atoms with Crippen molar-refractivity contribution in [3.05, 3.63) is 24.0 Å². The number of hydrogen-bond donors (Lipinski definition) is 1. The van der Waals surface area contributed by atoms with Crippen LogP contribution in [0.5, 0.6) is 5.75 Å². The molecule has 0 spiro atoms. The maximum atomic E-state index is 5.66. The van der Waals surface area contributed by atoms with E-state index < -0.39 is 0 Å². The minimum absolute atomic E-state index is 0.466. The van der Waals surface area contributed by atoms with Gasteiger partial charge in [0.2, 0.25) is 0 Å². The van der Waals surface area contributed by atoms with E-state index in [4.69, 9.17) is 10.5 Å². The van der Waals surface area contributed by atoms with Gasteiger partial charge in [-0.15, -0.1) is 0 Å². The van der Waals surface area contributed by atoms with Crippen LogP contribution in [-0.4, -0.2) is 11.6 Å². The van der Waals surface area contributed by atoms with E-state index in [1.54, 1.807) is 6.20 Å². The van der Waals surface area contributed by atoms with Gasteiger partial charge in [-0.1, -0.05) is 39.0 Å². The summed E-state index contributed by atoms with van der Waals surface area (Å²) in [5.74, 6) is 0.883. The minimum Gasteiger partial charge on any atom is -0.493 e. The number of nitrogens with zero attached hydrogens (tertiary/aromatic N) is 1. The van der Waals surface area contributed by atoms with Crippen molar-refractivity contribution in [2.45, 2.75) is 52.0 Å². The van der Waals surface area contributed by atoms with E-state index in [9.17, 15) is 0 Å². The molecule has 0 amide bonds. The highest BCUT2D eigenvalue weighted by molar-refractivity contribution is 5.22. The van der Waals surface area contributed by atoms with Crippen molar-refractivity contribution in [3.8, 4) is 5.75 Å². The first kappa shape index (κ1) is 14.0. The normalized spacial score (nSPS) is 10.5. The topological polar surface area (TPSA) is 48.1 Å². The van der Waals surface area contributed by atoms with Crippen LogP contribution in [0.15, 0.2) is 18.3 Å². The van der Waals surface area contributed by atoms with Crippen molar-refractivity contribution in [1.82, 2.24) is 4.98 Å². The molecule has 0 radical (unpaired) electrons. The molecule has 2 N–H and O–H groups in total. The van der Waals surface area contributed by atoms with E-state index in [1.807, 2.05) is 12.1 Å². The highest BCUT2D eigenvalue weighted by Gasteiger charge is 1.96. The van der Waals surface area contributed by atoms with Crippen LogP contribution in [0.4, 0.5) is 0 Å². The summed E-state index contributed by atoms with van der Waals surface area (Å²) in [5, 5.41) is 0. The van der Waals surface area contributed by atoms with E-state index in [0.717, 1.165) is 24.5 Å². The molecule has 0 saturated carbocycles. The molecule has 17 heavy (non-hydrogen) atoms. The predicted molar refractivity (Wildman–Crippen MR) is 71.0 cm³/mol. The van der Waals surface area contributed by atoms with Gasteiger partial charge in [0.15, 0.2) is 0 Å². The lowest BCUT2D eigenvalue weighted by molar-refractivity contribution is 0.303. The summed E-state index contributed by atoms with van der Waals surface area (Å²) >= 11 is 0. The van der Waals surface area contributed by atoms with Crippen molar-refractivity contribution in [1.29, 1.82) is 0 Å². The molecule has 0 aliphatic rings. The summed E-state index contributed by atoms with van der Waals surface area (Å²) in [6.45, 7) is 3.50. The Kier molecular flexibility index (Phi) is 7.39. The summed E-state index contributed by atoms with van der Waals surface area (Å²) in [6, 6.07) is 3.80. The van der Waals surface area contributed by atoms with Gasteiger partial charge in [-0.05, 0) is 12.5 Å². The molecule has 3 nitrogen and oxygen atoms in total. The Bertz CT molecular complexity index is 302. The Balaban J connectivity index is 2.09. The maximum Gasteiger partial charge on any atom is 0.122 e. The van der Waals surface area contributed by atoms with Gasteiger partial charge < -0.3 is 10.5 Å². The number of ether oxygens (including phenoxy) is 1. The summed E-state index contributed by atoms with van der Waals surface area (Å²) < 4.78 is 5.66. The number of pyridine rings is 1. The number of rotatable bonds is 9. The molecule has 1 rings (SSSR count). The fraction of sp³-hybridized carbons (Fsp3) is 0.643. The van der Waals surface area contributed by atoms with Crippen molar-refractivity contribution in [3.63, 3.8) is 0 Å². The average molecular weight is 236 g/mol. The second-order valence-electron chi connectivity index (χ2n) is 4.30. The van der Waals surface area contributed by atoms with E-state index in [-0.39, 0.29) is 0 Å². The smallest absolute Gasteiger partial charge is 0.122 e. The molecule has 0 saturated heterocycles. The molecule has 0 aromatic carbocycles. The molecule has 1 heterocycles. The molecular weight excluding hydrogens is 212 g/mol. The van der Waals surface area contributed by atoms with Crippen LogP contribution >= 0.6 is 0 Å². The first-order chi connectivity index (χ1) is 8.36. The highest BCUT2D eigenvalue weighted by atomic mass is 16.5. The Morgan fingerprint density at radius 3 is 2.71 bits per heavy atom. The third-order valence-corrected chi connectivity index (χ3v) is 2.76. The molecule has 0 bridgehead atoms. The van der Waals surface area contributed by atoms with Gasteiger partial charge in [0.05, 0.1) is 12.3 Å². The van der Waals surface area contributed by atoms with Gasteiger partial charge in [0.1, 0.15) is 5.75 Å². The number of nitrogens with two attached hydrogens (primary N) is 1. The quantitative estimate of drug-likeness (QED) is 0.669. The zero-order valence-electron chi connectivity index (χ0n) is 10.8. The SMILES string of the molecule is CCCCCCCCOc1ccnc(CN)c1. The number of aromatic nitrogens is 1. The van der Waals surface area contributed by atoms with Gasteiger partial charge >= 0.3 is 0 Å². The Labute approximate surface area is 104 Å². The van der Waals surface area contributed by atoms with E-state index in [0.29, 0.717) is 6.54 Å². The standard InChI is InChI=1S/C14H24N2O/c1-2-3-4-5-6-7-10-17-14-8-9-16-13(11-14)12-15/h8-9,11H,2-7,10,12,15H2,1H3. The minimum atomic E-state index is 0.466. The third-order valence-electron chi connectivity index (χ3n) is 2.76. The van der Waals surface area contributed by atoms with Crippen LogP contribution in [0, 0.1) is 0 Å². The monoisotopic (exact) mass is 236 g/mol. The highest BCUT2D eigenvalue weighted by Crippen LogP contribution is 2.12.